The molecule has 0 radical (unpaired) electrons. The van der Waals surface area contributed by atoms with Crippen LogP contribution in [0.4, 0.5) is 0 Å². The number of unbranched alkanes of at least 4 members (excludes halogenated alkanes) is 1. The van der Waals surface area contributed by atoms with Crippen molar-refractivity contribution in [3.8, 4) is 0 Å². The molecule has 1 amide bonds. The van der Waals surface area contributed by atoms with Gasteiger partial charge < -0.3 is 5.32 Å². The Kier molecular flexibility index (Phi) is 3.27. The molecule has 0 saturated heterocycles. The van der Waals surface area contributed by atoms with E-state index < -0.39 is 0 Å². The highest BCUT2D eigenvalue weighted by Crippen LogP contribution is 2.18. The summed E-state index contributed by atoms with van der Waals surface area (Å²) in [6.45, 7) is 3.08. The number of rotatable bonds is 5. The van der Waals surface area contributed by atoms with Gasteiger partial charge in [-0.05, 0) is 19.3 Å². The third-order valence-corrected chi connectivity index (χ3v) is 2.94. The summed E-state index contributed by atoms with van der Waals surface area (Å²) >= 11 is 0. The number of hydrogen-bond donors (Lipinski definition) is 1. The maximum atomic E-state index is 12.0. The molecule has 88 valence electrons. The Hall–Kier alpha value is -1.32. The highest BCUT2D eigenvalue weighted by molar-refractivity contribution is 5.89. The lowest BCUT2D eigenvalue weighted by atomic mass is 10.3. The van der Waals surface area contributed by atoms with E-state index in [4.69, 9.17) is 0 Å². The Morgan fingerprint density at radius 3 is 3.00 bits per heavy atom. The van der Waals surface area contributed by atoms with E-state index in [9.17, 15) is 4.79 Å². The third kappa shape index (κ3) is 2.43. The highest BCUT2D eigenvalue weighted by Gasteiger charge is 2.29. The standard InChI is InChI=1S/C12H19N3O/c1-3-4-7-15-9-8-14(2)12(15)11(16)13-10-5-6-10/h8-10H,3-7H2,1-2H3/p+1. The van der Waals surface area contributed by atoms with Gasteiger partial charge in [-0.25, -0.2) is 9.13 Å². The third-order valence-electron chi connectivity index (χ3n) is 2.94. The minimum atomic E-state index is 0.0612. The molecule has 0 unspecified atom stereocenters. The number of imidazole rings is 1. The number of amides is 1. The molecular formula is C12H20N3O+. The van der Waals surface area contributed by atoms with E-state index in [1.807, 2.05) is 28.6 Å². The Morgan fingerprint density at radius 2 is 2.38 bits per heavy atom. The lowest BCUT2D eigenvalue weighted by molar-refractivity contribution is -0.673. The molecule has 0 spiro atoms. The SMILES string of the molecule is CCCCn1cc[n+](C)c1C(=O)NC1CC1. The molecule has 4 nitrogen and oxygen atoms in total. The normalized spacial score (nSPS) is 15.1. The fourth-order valence-corrected chi connectivity index (χ4v) is 1.80. The van der Waals surface area contributed by atoms with Crippen LogP contribution < -0.4 is 9.88 Å². The van der Waals surface area contributed by atoms with Crippen LogP contribution in [0.5, 0.6) is 0 Å². The molecule has 1 aromatic heterocycles. The Morgan fingerprint density at radius 1 is 1.62 bits per heavy atom. The minimum absolute atomic E-state index is 0.0612. The summed E-state index contributed by atoms with van der Waals surface area (Å²) < 4.78 is 3.94. The van der Waals surface area contributed by atoms with Crippen molar-refractivity contribution in [3.63, 3.8) is 0 Å². The van der Waals surface area contributed by atoms with Crippen molar-refractivity contribution in [1.82, 2.24) is 9.88 Å². The van der Waals surface area contributed by atoms with Gasteiger partial charge in [0.15, 0.2) is 0 Å². The molecule has 0 atom stereocenters. The zero-order chi connectivity index (χ0) is 11.5. The second kappa shape index (κ2) is 4.68. The van der Waals surface area contributed by atoms with Crippen LogP contribution in [0.3, 0.4) is 0 Å². The summed E-state index contributed by atoms with van der Waals surface area (Å²) in [7, 11) is 1.92. The molecule has 1 aliphatic rings. The van der Waals surface area contributed by atoms with Crippen molar-refractivity contribution in [2.24, 2.45) is 7.05 Å². The molecular weight excluding hydrogens is 202 g/mol. The van der Waals surface area contributed by atoms with Gasteiger partial charge in [-0.2, -0.15) is 0 Å². The van der Waals surface area contributed by atoms with E-state index in [0.717, 1.165) is 38.1 Å². The molecule has 1 N–H and O–H groups in total. The van der Waals surface area contributed by atoms with Crippen molar-refractivity contribution in [3.05, 3.63) is 18.2 Å². The maximum Gasteiger partial charge on any atom is 0.347 e. The first kappa shape index (κ1) is 11.2. The molecule has 4 heteroatoms. The van der Waals surface area contributed by atoms with E-state index in [-0.39, 0.29) is 5.91 Å². The molecule has 0 bridgehead atoms. The topological polar surface area (TPSA) is 37.9 Å². The number of carbonyl (C=O) groups is 1. The van der Waals surface area contributed by atoms with E-state index in [0.29, 0.717) is 6.04 Å². The summed E-state index contributed by atoms with van der Waals surface area (Å²) in [6.07, 6.45) is 8.44. The molecule has 2 rings (SSSR count). The Balaban J connectivity index is 2.09. The molecule has 1 saturated carbocycles. The Bertz CT molecular complexity index is 380. The lowest BCUT2D eigenvalue weighted by Gasteiger charge is -2.02. The van der Waals surface area contributed by atoms with Gasteiger partial charge in [0.1, 0.15) is 12.4 Å². The van der Waals surface area contributed by atoms with Crippen LogP contribution in [0, 0.1) is 0 Å². The first-order valence-corrected chi connectivity index (χ1v) is 6.08. The summed E-state index contributed by atoms with van der Waals surface area (Å²) in [6, 6.07) is 0.419. The monoisotopic (exact) mass is 222 g/mol. The fraction of sp³-hybridized carbons (Fsp3) is 0.667. The zero-order valence-corrected chi connectivity index (χ0v) is 10.1. The van der Waals surface area contributed by atoms with Crippen LogP contribution in [0.1, 0.15) is 43.2 Å². The van der Waals surface area contributed by atoms with Crippen molar-refractivity contribution in [2.45, 2.75) is 45.2 Å². The van der Waals surface area contributed by atoms with Gasteiger partial charge in [-0.1, -0.05) is 13.3 Å². The lowest BCUT2D eigenvalue weighted by Crippen LogP contribution is -2.41. The minimum Gasteiger partial charge on any atom is -0.343 e. The van der Waals surface area contributed by atoms with Crippen LogP contribution in [0.25, 0.3) is 0 Å². The van der Waals surface area contributed by atoms with E-state index >= 15 is 0 Å². The maximum absolute atomic E-state index is 12.0. The predicted octanol–water partition coefficient (Wildman–Crippen LogP) is 1.00. The van der Waals surface area contributed by atoms with Crippen LogP contribution in [-0.4, -0.2) is 16.5 Å². The first-order chi connectivity index (χ1) is 7.72. The Labute approximate surface area is 96.3 Å². The number of aryl methyl sites for hydroxylation is 2. The largest absolute Gasteiger partial charge is 0.347 e. The van der Waals surface area contributed by atoms with Crippen molar-refractivity contribution in [2.75, 3.05) is 0 Å². The van der Waals surface area contributed by atoms with E-state index in [2.05, 4.69) is 12.2 Å². The van der Waals surface area contributed by atoms with Gasteiger partial charge in [0.05, 0.1) is 13.6 Å². The number of nitrogens with zero attached hydrogens (tertiary/aromatic N) is 2. The van der Waals surface area contributed by atoms with Gasteiger partial charge in [0, 0.05) is 6.04 Å². The molecule has 1 fully saturated rings. The van der Waals surface area contributed by atoms with Gasteiger partial charge in [-0.15, -0.1) is 0 Å². The van der Waals surface area contributed by atoms with Crippen LogP contribution >= 0.6 is 0 Å². The van der Waals surface area contributed by atoms with Gasteiger partial charge in [0.2, 0.25) is 0 Å². The smallest absolute Gasteiger partial charge is 0.343 e. The number of hydrogen-bond acceptors (Lipinski definition) is 1. The summed E-state index contributed by atoms with van der Waals surface area (Å²) in [4.78, 5) is 12.0. The second-order valence-corrected chi connectivity index (χ2v) is 4.53. The van der Waals surface area contributed by atoms with Crippen molar-refractivity contribution in [1.29, 1.82) is 0 Å². The number of nitrogens with one attached hydrogen (secondary N) is 1. The second-order valence-electron chi connectivity index (χ2n) is 4.53. The fourth-order valence-electron chi connectivity index (χ4n) is 1.80. The van der Waals surface area contributed by atoms with E-state index in [1.165, 1.54) is 0 Å². The first-order valence-electron chi connectivity index (χ1n) is 6.08. The van der Waals surface area contributed by atoms with Crippen LogP contribution in [0.2, 0.25) is 0 Å². The number of aromatic nitrogens is 2. The summed E-state index contributed by atoms with van der Waals surface area (Å²) in [5.74, 6) is 0.825. The van der Waals surface area contributed by atoms with Gasteiger partial charge in [0.25, 0.3) is 0 Å². The van der Waals surface area contributed by atoms with E-state index in [1.54, 1.807) is 0 Å². The summed E-state index contributed by atoms with van der Waals surface area (Å²) in [5.41, 5.74) is 0. The molecule has 0 aliphatic heterocycles. The molecule has 0 aromatic carbocycles. The quantitative estimate of drug-likeness (QED) is 0.742. The van der Waals surface area contributed by atoms with Crippen molar-refractivity contribution < 1.29 is 9.36 Å². The summed E-state index contributed by atoms with van der Waals surface area (Å²) in [5, 5.41) is 3.03. The number of carbonyl (C=O) groups excluding carboxylic acids is 1. The zero-order valence-electron chi connectivity index (χ0n) is 10.1. The average molecular weight is 222 g/mol. The van der Waals surface area contributed by atoms with Gasteiger partial charge >= 0.3 is 11.7 Å². The average Bonchev–Trinajstić information content (AvgIpc) is 2.98. The van der Waals surface area contributed by atoms with Crippen LogP contribution in [-0.2, 0) is 13.6 Å². The molecule has 1 aliphatic carbocycles. The predicted molar refractivity (Wildman–Crippen MR) is 61.0 cm³/mol. The van der Waals surface area contributed by atoms with Gasteiger partial charge in [-0.3, -0.25) is 4.79 Å². The van der Waals surface area contributed by atoms with Crippen molar-refractivity contribution >= 4 is 5.91 Å². The molecule has 1 heterocycles. The molecule has 16 heavy (non-hydrogen) atoms. The van der Waals surface area contributed by atoms with Crippen LogP contribution in [0.15, 0.2) is 12.4 Å². The highest BCUT2D eigenvalue weighted by atomic mass is 16.2. The molecule has 1 aromatic rings.